The maximum atomic E-state index is 9.54. The number of hydrogen-bond donors (Lipinski definition) is 1. The van der Waals surface area contributed by atoms with Crippen LogP contribution in [-0.2, 0) is 0 Å². The molecule has 0 aliphatic rings. The average molecular weight is 185 g/mol. The molecule has 1 aromatic heterocycles. The molecule has 0 fully saturated rings. The lowest BCUT2D eigenvalue weighted by molar-refractivity contribution is 0.472. The largest absolute Gasteiger partial charge is 0.506 e. The van der Waals surface area contributed by atoms with Gasteiger partial charge in [-0.2, -0.15) is 5.26 Å². The second kappa shape index (κ2) is 3.23. The van der Waals surface area contributed by atoms with Gasteiger partial charge in [-0.3, -0.25) is 4.57 Å². The van der Waals surface area contributed by atoms with Gasteiger partial charge in [-0.25, -0.2) is 4.98 Å². The van der Waals surface area contributed by atoms with Crippen molar-refractivity contribution < 1.29 is 5.11 Å². The minimum absolute atomic E-state index is 0.127. The first-order valence-electron chi connectivity index (χ1n) is 4.05. The second-order valence-corrected chi connectivity index (χ2v) is 2.72. The van der Waals surface area contributed by atoms with Crippen LogP contribution >= 0.6 is 0 Å². The summed E-state index contributed by atoms with van der Waals surface area (Å²) in [6.07, 6.45) is 3.15. The lowest BCUT2D eigenvalue weighted by atomic mass is 10.3. The molecule has 0 spiro atoms. The zero-order valence-corrected chi connectivity index (χ0v) is 7.25. The number of benzene rings is 1. The molecule has 0 bridgehead atoms. The number of nitrogens with zero attached hydrogens (tertiary/aromatic N) is 3. The molecule has 4 nitrogen and oxygen atoms in total. The summed E-state index contributed by atoms with van der Waals surface area (Å²) in [6, 6.07) is 8.74. The zero-order valence-electron chi connectivity index (χ0n) is 7.25. The molecule has 2 rings (SSSR count). The normalized spacial score (nSPS) is 9.64. The third-order valence-electron chi connectivity index (χ3n) is 1.88. The summed E-state index contributed by atoms with van der Waals surface area (Å²) < 4.78 is 1.54. The lowest BCUT2D eigenvalue weighted by Gasteiger charge is -2.04. The van der Waals surface area contributed by atoms with Crippen molar-refractivity contribution in [2.45, 2.75) is 0 Å². The maximum Gasteiger partial charge on any atom is 0.217 e. The molecular formula is C10H7N3O. The minimum atomic E-state index is 0.127. The zero-order chi connectivity index (χ0) is 9.97. The lowest BCUT2D eigenvalue weighted by Crippen LogP contribution is -1.96. The summed E-state index contributed by atoms with van der Waals surface area (Å²) in [4.78, 5) is 3.84. The first-order chi connectivity index (χ1) is 6.83. The molecule has 0 unspecified atom stereocenters. The van der Waals surface area contributed by atoms with Crippen molar-refractivity contribution in [2.24, 2.45) is 0 Å². The van der Waals surface area contributed by atoms with Gasteiger partial charge in [-0.05, 0) is 12.1 Å². The van der Waals surface area contributed by atoms with Crippen LogP contribution in [0.3, 0.4) is 0 Å². The Labute approximate surface area is 80.7 Å². The monoisotopic (exact) mass is 185 g/mol. The highest BCUT2D eigenvalue weighted by Crippen LogP contribution is 2.21. The summed E-state index contributed by atoms with van der Waals surface area (Å²) in [5.74, 6) is 0.383. The van der Waals surface area contributed by atoms with E-state index in [4.69, 9.17) is 5.26 Å². The molecule has 0 saturated heterocycles. The Hall–Kier alpha value is -2.28. The van der Waals surface area contributed by atoms with Crippen LogP contribution in [0.5, 0.6) is 5.75 Å². The van der Waals surface area contributed by atoms with Crippen LogP contribution in [0.25, 0.3) is 5.69 Å². The van der Waals surface area contributed by atoms with Gasteiger partial charge in [0, 0.05) is 12.4 Å². The fraction of sp³-hybridized carbons (Fsp3) is 0. The van der Waals surface area contributed by atoms with E-state index in [1.165, 1.54) is 10.8 Å². The Balaban J connectivity index is 2.62. The molecule has 0 aliphatic heterocycles. The molecule has 1 heterocycles. The minimum Gasteiger partial charge on any atom is -0.506 e. The summed E-state index contributed by atoms with van der Waals surface area (Å²) in [6.45, 7) is 0. The van der Waals surface area contributed by atoms with Crippen molar-refractivity contribution in [1.29, 1.82) is 5.26 Å². The smallest absolute Gasteiger partial charge is 0.217 e. The number of hydrogen-bond acceptors (Lipinski definition) is 3. The van der Waals surface area contributed by atoms with Crippen LogP contribution in [0, 0.1) is 11.3 Å². The van der Waals surface area contributed by atoms with E-state index in [1.807, 2.05) is 6.07 Å². The molecule has 0 aliphatic carbocycles. The third kappa shape index (κ3) is 1.21. The van der Waals surface area contributed by atoms with E-state index in [-0.39, 0.29) is 11.6 Å². The Morgan fingerprint density at radius 3 is 2.86 bits per heavy atom. The summed E-state index contributed by atoms with van der Waals surface area (Å²) in [7, 11) is 0. The van der Waals surface area contributed by atoms with E-state index in [9.17, 15) is 5.11 Å². The number of imidazole rings is 1. The standard InChI is InChI=1S/C10H7N3O/c11-7-10-12-5-6-13(10)8-3-1-2-4-9(8)14/h1-6,14H. The summed E-state index contributed by atoms with van der Waals surface area (Å²) in [5.41, 5.74) is 0.557. The van der Waals surface area contributed by atoms with E-state index in [0.717, 1.165) is 0 Å². The van der Waals surface area contributed by atoms with Crippen molar-refractivity contribution in [3.05, 3.63) is 42.5 Å². The van der Waals surface area contributed by atoms with Gasteiger partial charge in [0.2, 0.25) is 5.82 Å². The highest BCUT2D eigenvalue weighted by atomic mass is 16.3. The van der Waals surface area contributed by atoms with Gasteiger partial charge < -0.3 is 5.11 Å². The van der Waals surface area contributed by atoms with Crippen LogP contribution in [0.2, 0.25) is 0 Å². The molecule has 0 amide bonds. The van der Waals surface area contributed by atoms with Gasteiger partial charge in [0.1, 0.15) is 11.8 Å². The van der Waals surface area contributed by atoms with Gasteiger partial charge in [0.25, 0.3) is 0 Å². The fourth-order valence-electron chi connectivity index (χ4n) is 1.25. The number of para-hydroxylation sites is 2. The number of phenols is 1. The fourth-order valence-corrected chi connectivity index (χ4v) is 1.25. The summed E-state index contributed by atoms with van der Waals surface area (Å²) >= 11 is 0. The van der Waals surface area contributed by atoms with Crippen LogP contribution in [0.4, 0.5) is 0 Å². The van der Waals surface area contributed by atoms with Crippen molar-refractivity contribution in [1.82, 2.24) is 9.55 Å². The molecule has 68 valence electrons. The van der Waals surface area contributed by atoms with E-state index >= 15 is 0 Å². The Morgan fingerprint density at radius 1 is 1.36 bits per heavy atom. The molecule has 14 heavy (non-hydrogen) atoms. The second-order valence-electron chi connectivity index (χ2n) is 2.72. The van der Waals surface area contributed by atoms with E-state index in [1.54, 1.807) is 30.5 Å². The quantitative estimate of drug-likeness (QED) is 0.731. The first kappa shape index (κ1) is 8.32. The van der Waals surface area contributed by atoms with Gasteiger partial charge >= 0.3 is 0 Å². The molecule has 1 N–H and O–H groups in total. The SMILES string of the molecule is N#Cc1nccn1-c1ccccc1O. The van der Waals surface area contributed by atoms with Crippen molar-refractivity contribution in [3.8, 4) is 17.5 Å². The van der Waals surface area contributed by atoms with Crippen LogP contribution in [0.15, 0.2) is 36.7 Å². The molecule has 2 aromatic rings. The Bertz CT molecular complexity index is 496. The topological polar surface area (TPSA) is 61.8 Å². The molecule has 0 saturated carbocycles. The highest BCUT2D eigenvalue weighted by Gasteiger charge is 2.06. The third-order valence-corrected chi connectivity index (χ3v) is 1.88. The summed E-state index contributed by atoms with van der Waals surface area (Å²) in [5, 5.41) is 18.3. The highest BCUT2D eigenvalue weighted by molar-refractivity contribution is 5.47. The van der Waals surface area contributed by atoms with Crippen molar-refractivity contribution >= 4 is 0 Å². The van der Waals surface area contributed by atoms with Gasteiger partial charge in [0.05, 0.1) is 5.69 Å². The number of aromatic nitrogens is 2. The Kier molecular flexibility index (Phi) is 1.92. The average Bonchev–Trinajstić information content (AvgIpc) is 2.66. The maximum absolute atomic E-state index is 9.54. The van der Waals surface area contributed by atoms with Crippen molar-refractivity contribution in [3.63, 3.8) is 0 Å². The van der Waals surface area contributed by atoms with Crippen LogP contribution < -0.4 is 0 Å². The van der Waals surface area contributed by atoms with Crippen molar-refractivity contribution in [2.75, 3.05) is 0 Å². The van der Waals surface area contributed by atoms with Gasteiger partial charge in [-0.1, -0.05) is 12.1 Å². The predicted octanol–water partition coefficient (Wildman–Crippen LogP) is 1.45. The molecular weight excluding hydrogens is 178 g/mol. The number of nitriles is 1. The molecule has 1 aromatic carbocycles. The number of phenolic OH excluding ortho intramolecular Hbond substituents is 1. The van der Waals surface area contributed by atoms with Crippen LogP contribution in [-0.4, -0.2) is 14.7 Å². The number of rotatable bonds is 1. The van der Waals surface area contributed by atoms with E-state index < -0.39 is 0 Å². The first-order valence-corrected chi connectivity index (χ1v) is 4.05. The molecule has 0 atom stereocenters. The molecule has 0 radical (unpaired) electrons. The molecule has 4 heteroatoms. The Morgan fingerprint density at radius 2 is 2.14 bits per heavy atom. The van der Waals surface area contributed by atoms with Gasteiger partial charge in [0.15, 0.2) is 0 Å². The van der Waals surface area contributed by atoms with Crippen LogP contribution in [0.1, 0.15) is 5.82 Å². The predicted molar refractivity (Wildman–Crippen MR) is 49.9 cm³/mol. The number of aromatic hydroxyl groups is 1. The van der Waals surface area contributed by atoms with E-state index in [2.05, 4.69) is 4.98 Å². The van der Waals surface area contributed by atoms with Gasteiger partial charge in [-0.15, -0.1) is 0 Å². The van der Waals surface area contributed by atoms with E-state index in [0.29, 0.717) is 5.69 Å².